The van der Waals surface area contributed by atoms with Crippen LogP contribution < -0.4 is 14.4 Å². The Labute approximate surface area is 215 Å². The molecule has 9 heteroatoms. The zero-order chi connectivity index (χ0) is 27.0. The van der Waals surface area contributed by atoms with Crippen molar-refractivity contribution in [2.24, 2.45) is 5.92 Å². The van der Waals surface area contributed by atoms with Crippen LogP contribution in [0, 0.1) is 5.92 Å². The van der Waals surface area contributed by atoms with E-state index in [2.05, 4.69) is 5.32 Å². The Morgan fingerprint density at radius 3 is 2.11 bits per heavy atom. The first-order valence-corrected chi connectivity index (χ1v) is 14.0. The van der Waals surface area contributed by atoms with Crippen LogP contribution in [0.3, 0.4) is 0 Å². The van der Waals surface area contributed by atoms with Gasteiger partial charge in [-0.15, -0.1) is 0 Å². The Kier molecular flexibility index (Phi) is 10.3. The van der Waals surface area contributed by atoms with Crippen molar-refractivity contribution in [1.82, 2.24) is 10.2 Å². The van der Waals surface area contributed by atoms with Gasteiger partial charge in [-0.25, -0.2) is 8.42 Å². The van der Waals surface area contributed by atoms with Crippen LogP contribution in [-0.2, 0) is 26.2 Å². The number of rotatable bonds is 12. The average molecular weight is 518 g/mol. The Morgan fingerprint density at radius 2 is 1.58 bits per heavy atom. The van der Waals surface area contributed by atoms with E-state index in [4.69, 9.17) is 4.74 Å². The molecule has 0 bridgehead atoms. The van der Waals surface area contributed by atoms with Crippen LogP contribution in [0.15, 0.2) is 48.5 Å². The molecule has 1 N–H and O–H groups in total. The van der Waals surface area contributed by atoms with E-state index in [0.29, 0.717) is 18.0 Å². The predicted octanol–water partition coefficient (Wildman–Crippen LogP) is 3.77. The molecule has 0 aliphatic carbocycles. The van der Waals surface area contributed by atoms with Crippen LogP contribution in [0.25, 0.3) is 0 Å². The zero-order valence-electron chi connectivity index (χ0n) is 22.3. The van der Waals surface area contributed by atoms with Crippen molar-refractivity contribution in [3.63, 3.8) is 0 Å². The third-order valence-corrected chi connectivity index (χ3v) is 7.00. The molecule has 0 heterocycles. The largest absolute Gasteiger partial charge is 0.497 e. The number of nitrogens with zero attached hydrogens (tertiary/aromatic N) is 2. The Balaban J connectivity index is 2.43. The van der Waals surface area contributed by atoms with E-state index in [1.54, 1.807) is 38.3 Å². The average Bonchev–Trinajstić information content (AvgIpc) is 2.83. The van der Waals surface area contributed by atoms with Crippen LogP contribution in [0.2, 0.25) is 0 Å². The summed E-state index contributed by atoms with van der Waals surface area (Å²) in [6.07, 6.45) is 1.09. The van der Waals surface area contributed by atoms with Crippen molar-refractivity contribution >= 4 is 27.5 Å². The first kappa shape index (κ1) is 29.2. The molecule has 2 aromatic rings. The lowest BCUT2D eigenvalue weighted by Gasteiger charge is -2.32. The minimum Gasteiger partial charge on any atom is -0.497 e. The summed E-state index contributed by atoms with van der Waals surface area (Å²) in [4.78, 5) is 28.0. The van der Waals surface area contributed by atoms with Gasteiger partial charge < -0.3 is 15.0 Å². The van der Waals surface area contributed by atoms with Gasteiger partial charge in [0.25, 0.3) is 0 Å². The number of benzene rings is 2. The maximum Gasteiger partial charge on any atom is 0.244 e. The number of hydrogen-bond donors (Lipinski definition) is 1. The molecule has 0 unspecified atom stereocenters. The van der Waals surface area contributed by atoms with Gasteiger partial charge in [-0.1, -0.05) is 58.0 Å². The number of amides is 2. The van der Waals surface area contributed by atoms with Gasteiger partial charge in [0.2, 0.25) is 21.8 Å². The maximum atomic E-state index is 13.7. The number of carbonyl (C=O) groups excluding carboxylic acids is 2. The highest BCUT2D eigenvalue weighted by Crippen LogP contribution is 2.29. The first-order valence-electron chi connectivity index (χ1n) is 12.1. The van der Waals surface area contributed by atoms with Gasteiger partial charge in [0.15, 0.2) is 0 Å². The normalized spacial score (nSPS) is 12.4. The van der Waals surface area contributed by atoms with E-state index in [9.17, 15) is 18.0 Å². The molecule has 8 nitrogen and oxygen atoms in total. The molecule has 198 valence electrons. The van der Waals surface area contributed by atoms with Crippen molar-refractivity contribution in [3.05, 3.63) is 59.7 Å². The maximum absolute atomic E-state index is 13.7. The fourth-order valence-electron chi connectivity index (χ4n) is 3.76. The van der Waals surface area contributed by atoms with Gasteiger partial charge in [0.05, 0.1) is 19.1 Å². The molecule has 0 fully saturated rings. The second kappa shape index (κ2) is 12.8. The number of ether oxygens (including phenoxy) is 1. The summed E-state index contributed by atoms with van der Waals surface area (Å²) in [5, 5.41) is 2.88. The second-order valence-corrected chi connectivity index (χ2v) is 11.6. The van der Waals surface area contributed by atoms with Gasteiger partial charge in [-0.05, 0) is 48.1 Å². The summed E-state index contributed by atoms with van der Waals surface area (Å²) in [5.41, 5.74) is 2.07. The molecule has 0 radical (unpaired) electrons. The molecule has 0 spiro atoms. The smallest absolute Gasteiger partial charge is 0.244 e. The zero-order valence-corrected chi connectivity index (χ0v) is 23.1. The molecule has 2 aromatic carbocycles. The van der Waals surface area contributed by atoms with Crippen LogP contribution >= 0.6 is 0 Å². The van der Waals surface area contributed by atoms with Crippen molar-refractivity contribution in [3.8, 4) is 5.75 Å². The highest BCUT2D eigenvalue weighted by molar-refractivity contribution is 7.92. The van der Waals surface area contributed by atoms with Crippen LogP contribution in [0.5, 0.6) is 5.75 Å². The number of methoxy groups -OCH3 is 1. The molecular formula is C27H39N3O5S. The summed E-state index contributed by atoms with van der Waals surface area (Å²) in [6, 6.07) is 13.6. The molecular weight excluding hydrogens is 478 g/mol. The number of para-hydroxylation sites is 1. The molecule has 2 rings (SSSR count). The first-order chi connectivity index (χ1) is 16.8. The van der Waals surface area contributed by atoms with Gasteiger partial charge in [-0.3, -0.25) is 13.9 Å². The Morgan fingerprint density at radius 1 is 0.972 bits per heavy atom. The number of hydrogen-bond acceptors (Lipinski definition) is 5. The van der Waals surface area contributed by atoms with Crippen molar-refractivity contribution in [1.29, 1.82) is 0 Å². The molecule has 36 heavy (non-hydrogen) atoms. The molecule has 0 aromatic heterocycles. The van der Waals surface area contributed by atoms with Gasteiger partial charge in [-0.2, -0.15) is 0 Å². The predicted molar refractivity (Wildman–Crippen MR) is 144 cm³/mol. The third kappa shape index (κ3) is 7.98. The molecule has 0 saturated carbocycles. The Bertz CT molecular complexity index is 1130. The second-order valence-electron chi connectivity index (χ2n) is 9.67. The van der Waals surface area contributed by atoms with E-state index in [1.165, 1.54) is 4.90 Å². The number of anilines is 1. The van der Waals surface area contributed by atoms with E-state index >= 15 is 0 Å². The molecule has 0 aliphatic rings. The lowest BCUT2D eigenvalue weighted by atomic mass is 10.0. The van der Waals surface area contributed by atoms with E-state index < -0.39 is 28.5 Å². The quantitative estimate of drug-likeness (QED) is 0.462. The lowest BCUT2D eigenvalue weighted by molar-refractivity contribution is -0.139. The van der Waals surface area contributed by atoms with Crippen molar-refractivity contribution in [2.75, 3.05) is 30.8 Å². The van der Waals surface area contributed by atoms with Gasteiger partial charge >= 0.3 is 0 Å². The number of carbonyl (C=O) groups is 2. The summed E-state index contributed by atoms with van der Waals surface area (Å²) < 4.78 is 32.0. The van der Waals surface area contributed by atoms with E-state index in [1.807, 2.05) is 52.0 Å². The molecule has 0 aliphatic heterocycles. The third-order valence-electron chi connectivity index (χ3n) is 5.87. The summed E-state index contributed by atoms with van der Waals surface area (Å²) in [7, 11) is -2.21. The number of sulfonamides is 1. The van der Waals surface area contributed by atoms with Crippen LogP contribution in [0.1, 0.15) is 51.7 Å². The number of nitrogens with one attached hydrogen (secondary N) is 1. The fourth-order valence-corrected chi connectivity index (χ4v) is 4.63. The fraction of sp³-hybridized carbons (Fsp3) is 0.481. The van der Waals surface area contributed by atoms with Gasteiger partial charge in [0, 0.05) is 13.1 Å². The van der Waals surface area contributed by atoms with Crippen LogP contribution in [-0.4, -0.2) is 57.6 Å². The molecule has 1 atom stereocenters. The minimum absolute atomic E-state index is 0.0525. The Hall–Kier alpha value is -3.07. The highest BCUT2D eigenvalue weighted by atomic mass is 32.2. The lowest BCUT2D eigenvalue weighted by Crippen LogP contribution is -2.51. The topological polar surface area (TPSA) is 96.0 Å². The van der Waals surface area contributed by atoms with Crippen molar-refractivity contribution < 1.29 is 22.7 Å². The standard InChI is InChI=1S/C27H39N3O5S/c1-19(2)16-28-27(32)21(5)29(17-22-12-14-23(35-6)15-13-22)26(31)18-30(36(7,33)34)25-11-9-8-10-24(25)20(3)4/h8-15,19-21H,16-18H2,1-7H3,(H,28,32)/t21-/m1/s1. The monoisotopic (exact) mass is 517 g/mol. The van der Waals surface area contributed by atoms with E-state index in [-0.39, 0.29) is 24.3 Å². The summed E-state index contributed by atoms with van der Waals surface area (Å²) in [5.74, 6) is 0.214. The summed E-state index contributed by atoms with van der Waals surface area (Å²) >= 11 is 0. The highest BCUT2D eigenvalue weighted by Gasteiger charge is 2.31. The van der Waals surface area contributed by atoms with Crippen LogP contribution in [0.4, 0.5) is 5.69 Å². The van der Waals surface area contributed by atoms with Crippen molar-refractivity contribution in [2.45, 2.75) is 53.1 Å². The summed E-state index contributed by atoms with van der Waals surface area (Å²) in [6.45, 7) is 9.77. The van der Waals surface area contributed by atoms with E-state index in [0.717, 1.165) is 21.7 Å². The van der Waals surface area contributed by atoms with Gasteiger partial charge in [0.1, 0.15) is 18.3 Å². The molecule has 2 amide bonds. The SMILES string of the molecule is COc1ccc(CN(C(=O)CN(c2ccccc2C(C)C)S(C)(=O)=O)[C@H](C)C(=O)NCC(C)C)cc1. The minimum atomic E-state index is -3.78. The molecule has 0 saturated heterocycles.